The van der Waals surface area contributed by atoms with Crippen molar-refractivity contribution in [2.75, 3.05) is 12.3 Å². The Morgan fingerprint density at radius 2 is 2.11 bits per heavy atom. The number of rotatable bonds is 5. The monoisotopic (exact) mass is 242 g/mol. The molecular weight excluding hydrogens is 228 g/mol. The smallest absolute Gasteiger partial charge is 0.163 e. The molecule has 92 valence electrons. The highest BCUT2D eigenvalue weighted by molar-refractivity contribution is 5.46. The second-order valence-electron chi connectivity index (χ2n) is 3.84. The largest absolute Gasteiger partial charge is 0.381 e. The number of nitrogen functional groups attached to an aromatic ring is 1. The van der Waals surface area contributed by atoms with Crippen molar-refractivity contribution in [2.24, 2.45) is 0 Å². The van der Waals surface area contributed by atoms with E-state index in [-0.39, 0.29) is 5.82 Å². The van der Waals surface area contributed by atoms with E-state index in [4.69, 9.17) is 15.7 Å². The van der Waals surface area contributed by atoms with E-state index in [1.54, 1.807) is 10.9 Å². The molecule has 5 heteroatoms. The molecule has 0 spiro atoms. The van der Waals surface area contributed by atoms with Crippen LogP contribution < -0.4 is 5.73 Å². The molecule has 0 aliphatic carbocycles. The minimum absolute atomic E-state index is 0.264. The number of nitrogens with two attached hydrogens (primary N) is 1. The average Bonchev–Trinajstić information content (AvgIpc) is 2.76. The van der Waals surface area contributed by atoms with Crippen LogP contribution in [0.5, 0.6) is 0 Å². The van der Waals surface area contributed by atoms with E-state index in [9.17, 15) is 0 Å². The molecule has 1 aromatic heterocycles. The summed E-state index contributed by atoms with van der Waals surface area (Å²) >= 11 is 0. The van der Waals surface area contributed by atoms with Crippen molar-refractivity contribution >= 4 is 5.82 Å². The fraction of sp³-hybridized carbons (Fsp3) is 0.231. The molecule has 18 heavy (non-hydrogen) atoms. The molecule has 0 amide bonds. The van der Waals surface area contributed by atoms with Crippen LogP contribution in [0.1, 0.15) is 11.1 Å². The van der Waals surface area contributed by atoms with Crippen molar-refractivity contribution in [1.82, 2.24) is 9.78 Å². The van der Waals surface area contributed by atoms with Gasteiger partial charge in [-0.15, -0.1) is 0 Å². The van der Waals surface area contributed by atoms with E-state index >= 15 is 0 Å². The normalized spacial score (nSPS) is 10.2. The quantitative estimate of drug-likeness (QED) is 0.807. The standard InChI is InChI=1S/C13H14N4O/c14-8-12-9-17(16-13(12)15)6-7-18-10-11-4-2-1-3-5-11/h1-5,9H,6-7,10H2,(H2,15,16). The van der Waals surface area contributed by atoms with Crippen molar-refractivity contribution in [3.8, 4) is 6.07 Å². The van der Waals surface area contributed by atoms with Crippen LogP contribution >= 0.6 is 0 Å². The van der Waals surface area contributed by atoms with E-state index in [2.05, 4.69) is 5.10 Å². The second-order valence-corrected chi connectivity index (χ2v) is 3.84. The first-order chi connectivity index (χ1) is 8.79. The van der Waals surface area contributed by atoms with E-state index < -0.39 is 0 Å². The first-order valence-corrected chi connectivity index (χ1v) is 5.64. The molecule has 5 nitrogen and oxygen atoms in total. The maximum absolute atomic E-state index is 8.74. The van der Waals surface area contributed by atoms with E-state index in [0.29, 0.717) is 25.3 Å². The first-order valence-electron chi connectivity index (χ1n) is 5.64. The van der Waals surface area contributed by atoms with Crippen LogP contribution in [0, 0.1) is 11.3 Å². The van der Waals surface area contributed by atoms with Crippen LogP contribution in [0.2, 0.25) is 0 Å². The fourth-order valence-corrected chi connectivity index (χ4v) is 1.56. The predicted molar refractivity (Wildman–Crippen MR) is 67.5 cm³/mol. The van der Waals surface area contributed by atoms with Gasteiger partial charge in [0.05, 0.1) is 19.8 Å². The Morgan fingerprint density at radius 3 is 2.78 bits per heavy atom. The Bertz CT molecular complexity index is 542. The van der Waals surface area contributed by atoms with Crippen molar-refractivity contribution < 1.29 is 4.74 Å². The Hall–Kier alpha value is -2.32. The summed E-state index contributed by atoms with van der Waals surface area (Å²) in [6.45, 7) is 1.68. The summed E-state index contributed by atoms with van der Waals surface area (Å²) in [7, 11) is 0. The summed E-state index contributed by atoms with van der Waals surface area (Å²) in [5, 5.41) is 12.8. The maximum atomic E-state index is 8.74. The van der Waals surface area contributed by atoms with E-state index in [0.717, 1.165) is 5.56 Å². The molecule has 2 aromatic rings. The van der Waals surface area contributed by atoms with Gasteiger partial charge in [-0.2, -0.15) is 10.4 Å². The molecule has 0 saturated heterocycles. The Labute approximate surface area is 105 Å². The lowest BCUT2D eigenvalue weighted by Crippen LogP contribution is -2.06. The third kappa shape index (κ3) is 3.09. The van der Waals surface area contributed by atoms with Crippen LogP contribution in [-0.4, -0.2) is 16.4 Å². The summed E-state index contributed by atoms with van der Waals surface area (Å²) in [6, 6.07) is 11.9. The van der Waals surface area contributed by atoms with Crippen LogP contribution in [0.3, 0.4) is 0 Å². The molecule has 0 fully saturated rings. The molecular formula is C13H14N4O. The molecule has 2 N–H and O–H groups in total. The van der Waals surface area contributed by atoms with Crippen molar-refractivity contribution in [2.45, 2.75) is 13.2 Å². The highest BCUT2D eigenvalue weighted by Gasteiger charge is 2.03. The summed E-state index contributed by atoms with van der Waals surface area (Å²) in [4.78, 5) is 0. The average molecular weight is 242 g/mol. The van der Waals surface area contributed by atoms with Crippen LogP contribution in [0.25, 0.3) is 0 Å². The van der Waals surface area contributed by atoms with Gasteiger partial charge in [-0.25, -0.2) is 0 Å². The van der Waals surface area contributed by atoms with E-state index in [1.807, 2.05) is 36.4 Å². The minimum Gasteiger partial charge on any atom is -0.381 e. The number of hydrogen-bond acceptors (Lipinski definition) is 4. The Morgan fingerprint density at radius 1 is 1.33 bits per heavy atom. The molecule has 0 aliphatic heterocycles. The van der Waals surface area contributed by atoms with Crippen molar-refractivity contribution in [3.63, 3.8) is 0 Å². The highest BCUT2D eigenvalue weighted by Crippen LogP contribution is 2.06. The molecule has 0 radical (unpaired) electrons. The number of ether oxygens (including phenoxy) is 1. The lowest BCUT2D eigenvalue weighted by atomic mass is 10.2. The topological polar surface area (TPSA) is 76.9 Å². The SMILES string of the molecule is N#Cc1cn(CCOCc2ccccc2)nc1N. The molecule has 0 unspecified atom stereocenters. The second kappa shape index (κ2) is 5.84. The number of anilines is 1. The zero-order valence-electron chi connectivity index (χ0n) is 9.91. The fourth-order valence-electron chi connectivity index (χ4n) is 1.56. The third-order valence-electron chi connectivity index (χ3n) is 2.49. The van der Waals surface area contributed by atoms with Gasteiger partial charge >= 0.3 is 0 Å². The molecule has 2 rings (SSSR count). The molecule has 0 bridgehead atoms. The minimum atomic E-state index is 0.264. The summed E-state index contributed by atoms with van der Waals surface area (Å²) in [5.74, 6) is 0.264. The Kier molecular flexibility index (Phi) is 3.94. The van der Waals surface area contributed by atoms with Gasteiger partial charge in [0.15, 0.2) is 5.82 Å². The van der Waals surface area contributed by atoms with Gasteiger partial charge in [0.25, 0.3) is 0 Å². The third-order valence-corrected chi connectivity index (χ3v) is 2.49. The number of aromatic nitrogens is 2. The number of benzene rings is 1. The number of hydrogen-bond donors (Lipinski definition) is 1. The van der Waals surface area contributed by atoms with Gasteiger partial charge in [-0.1, -0.05) is 30.3 Å². The number of nitrogens with zero attached hydrogens (tertiary/aromatic N) is 3. The predicted octanol–water partition coefficient (Wildman–Crippen LogP) is 1.55. The molecule has 1 aromatic carbocycles. The number of nitriles is 1. The maximum Gasteiger partial charge on any atom is 0.163 e. The van der Waals surface area contributed by atoms with E-state index in [1.165, 1.54) is 0 Å². The first kappa shape index (κ1) is 12.1. The Balaban J connectivity index is 1.77. The van der Waals surface area contributed by atoms with Gasteiger partial charge in [-0.3, -0.25) is 4.68 Å². The zero-order chi connectivity index (χ0) is 12.8. The van der Waals surface area contributed by atoms with Gasteiger partial charge in [0, 0.05) is 6.20 Å². The zero-order valence-corrected chi connectivity index (χ0v) is 9.91. The van der Waals surface area contributed by atoms with Crippen LogP contribution in [-0.2, 0) is 17.9 Å². The summed E-state index contributed by atoms with van der Waals surface area (Å²) < 4.78 is 7.15. The van der Waals surface area contributed by atoms with Gasteiger partial charge in [-0.05, 0) is 5.56 Å². The highest BCUT2D eigenvalue weighted by atomic mass is 16.5. The lowest BCUT2D eigenvalue weighted by molar-refractivity contribution is 0.111. The van der Waals surface area contributed by atoms with Gasteiger partial charge < -0.3 is 10.5 Å². The van der Waals surface area contributed by atoms with Gasteiger partial charge in [0.2, 0.25) is 0 Å². The van der Waals surface area contributed by atoms with Crippen molar-refractivity contribution in [1.29, 1.82) is 5.26 Å². The van der Waals surface area contributed by atoms with Gasteiger partial charge in [0.1, 0.15) is 11.6 Å². The molecule has 0 atom stereocenters. The molecule has 1 heterocycles. The summed E-state index contributed by atoms with van der Waals surface area (Å²) in [5.41, 5.74) is 7.09. The molecule has 0 aliphatic rings. The molecule has 0 saturated carbocycles. The van der Waals surface area contributed by atoms with Crippen LogP contribution in [0.4, 0.5) is 5.82 Å². The van der Waals surface area contributed by atoms with Crippen LogP contribution in [0.15, 0.2) is 36.5 Å². The lowest BCUT2D eigenvalue weighted by Gasteiger charge is -2.04. The summed E-state index contributed by atoms with van der Waals surface area (Å²) in [6.07, 6.45) is 1.63. The van der Waals surface area contributed by atoms with Crippen molar-refractivity contribution in [3.05, 3.63) is 47.7 Å².